The van der Waals surface area contributed by atoms with Gasteiger partial charge in [0, 0.05) is 29.7 Å². The Morgan fingerprint density at radius 3 is 2.37 bits per heavy atom. The summed E-state index contributed by atoms with van der Waals surface area (Å²) < 4.78 is 42.1. The van der Waals surface area contributed by atoms with Crippen LogP contribution in [0.25, 0.3) is 17.1 Å². The molecule has 2 heterocycles. The van der Waals surface area contributed by atoms with Crippen molar-refractivity contribution in [2.45, 2.75) is 25.4 Å². The second-order valence-electron chi connectivity index (χ2n) is 8.38. The van der Waals surface area contributed by atoms with Crippen LogP contribution in [0, 0.1) is 0 Å². The van der Waals surface area contributed by atoms with Crippen molar-refractivity contribution in [3.8, 4) is 17.1 Å². The van der Waals surface area contributed by atoms with Crippen LogP contribution in [-0.4, -0.2) is 71.4 Å². The van der Waals surface area contributed by atoms with Gasteiger partial charge < -0.3 is 10.0 Å². The molecule has 0 spiro atoms. The molecule has 0 aliphatic heterocycles. The first-order valence-electron chi connectivity index (χ1n) is 11.0. The van der Waals surface area contributed by atoms with Crippen LogP contribution in [-0.2, 0) is 13.1 Å². The lowest BCUT2D eigenvalue weighted by atomic mass is 10.2. The van der Waals surface area contributed by atoms with Gasteiger partial charge in [0.15, 0.2) is 17.8 Å². The number of halogens is 5. The van der Waals surface area contributed by atoms with Gasteiger partial charge in [0.25, 0.3) is 5.91 Å². The lowest BCUT2D eigenvalue weighted by molar-refractivity contribution is -0.207. The number of carbonyl (C=O) groups is 1. The molecule has 0 fully saturated rings. The van der Waals surface area contributed by atoms with Crippen LogP contribution in [0.4, 0.5) is 13.2 Å². The van der Waals surface area contributed by atoms with E-state index in [1.54, 1.807) is 24.3 Å². The van der Waals surface area contributed by atoms with Crippen molar-refractivity contribution in [3.05, 3.63) is 80.7 Å². The molecule has 4 aromatic rings. The Morgan fingerprint density at radius 1 is 1.08 bits per heavy atom. The topological polar surface area (TPSA) is 111 Å². The molecular weight excluding hydrogens is 550 g/mol. The van der Waals surface area contributed by atoms with Crippen molar-refractivity contribution in [1.82, 2.24) is 34.0 Å². The minimum atomic E-state index is -4.96. The highest BCUT2D eigenvalue weighted by molar-refractivity contribution is 6.31. The first-order chi connectivity index (χ1) is 17.8. The highest BCUT2D eigenvalue weighted by atomic mass is 35.5. The molecule has 0 saturated heterocycles. The zero-order chi connectivity index (χ0) is 27.8. The third-order valence-corrected chi connectivity index (χ3v) is 5.84. The van der Waals surface area contributed by atoms with E-state index in [0.29, 0.717) is 25.9 Å². The van der Waals surface area contributed by atoms with Crippen LogP contribution in [0.2, 0.25) is 10.0 Å². The monoisotopic (exact) mass is 569 g/mol. The van der Waals surface area contributed by atoms with E-state index >= 15 is 0 Å². The number of hydrogen-bond acceptors (Lipinski definition) is 6. The highest BCUT2D eigenvalue weighted by Gasteiger charge is 2.39. The maximum atomic E-state index is 13.1. The summed E-state index contributed by atoms with van der Waals surface area (Å²) in [5.41, 5.74) is -0.229. The normalized spacial score (nSPS) is 12.5. The molecule has 1 unspecified atom stereocenters. The molecule has 0 aliphatic carbocycles. The standard InChI is InChI=1S/C23H20Cl2F3N7O3/c1-32(2)21(37)20-29-18(30-35(20)16-5-3-4-15(25)10-16)12-34-22(38)33(11-17(36)23(26,27)28)19(31-34)13-6-8-14(24)9-7-13/h3-10,17,36H,11-12H2,1-2H3. The van der Waals surface area contributed by atoms with Crippen molar-refractivity contribution in [1.29, 1.82) is 0 Å². The zero-order valence-corrected chi connectivity index (χ0v) is 21.4. The molecule has 1 amide bonds. The smallest absolute Gasteiger partial charge is 0.382 e. The highest BCUT2D eigenvalue weighted by Crippen LogP contribution is 2.24. The molecule has 0 radical (unpaired) electrons. The van der Waals surface area contributed by atoms with E-state index in [1.165, 1.54) is 47.9 Å². The number of hydrogen-bond donors (Lipinski definition) is 1. The Labute approximate surface area is 223 Å². The SMILES string of the molecule is CN(C)C(=O)c1nc(Cn2nc(-c3ccc(Cl)cc3)n(CC(O)C(F)(F)F)c2=O)nn1-c1cccc(Cl)c1. The molecule has 0 saturated carbocycles. The van der Waals surface area contributed by atoms with Crippen LogP contribution in [0.15, 0.2) is 53.3 Å². The summed E-state index contributed by atoms with van der Waals surface area (Å²) in [6.07, 6.45) is -7.77. The number of amides is 1. The quantitative estimate of drug-likeness (QED) is 0.365. The Hall–Kier alpha value is -3.68. The lowest BCUT2D eigenvalue weighted by Crippen LogP contribution is -2.37. The van der Waals surface area contributed by atoms with Crippen molar-refractivity contribution >= 4 is 29.1 Å². The summed E-state index contributed by atoms with van der Waals surface area (Å²) in [6, 6.07) is 12.4. The van der Waals surface area contributed by atoms with E-state index in [-0.39, 0.29) is 24.0 Å². The molecule has 0 bridgehead atoms. The molecule has 1 atom stereocenters. The van der Waals surface area contributed by atoms with Crippen LogP contribution in [0.1, 0.15) is 16.4 Å². The molecule has 15 heteroatoms. The third-order valence-electron chi connectivity index (χ3n) is 5.35. The Bertz CT molecular complexity index is 1530. The number of alkyl halides is 3. The van der Waals surface area contributed by atoms with Crippen molar-refractivity contribution in [2.75, 3.05) is 14.1 Å². The number of aliphatic hydroxyl groups excluding tert-OH is 1. The number of nitrogens with zero attached hydrogens (tertiary/aromatic N) is 7. The first kappa shape index (κ1) is 27.4. The van der Waals surface area contributed by atoms with Crippen molar-refractivity contribution < 1.29 is 23.1 Å². The second kappa shape index (κ2) is 10.6. The van der Waals surface area contributed by atoms with Gasteiger partial charge in [-0.05, 0) is 42.5 Å². The predicted molar refractivity (Wildman–Crippen MR) is 132 cm³/mol. The molecule has 2 aromatic carbocycles. The molecule has 10 nitrogen and oxygen atoms in total. The molecule has 4 rings (SSSR count). The fourth-order valence-electron chi connectivity index (χ4n) is 3.48. The molecular formula is C23H20Cl2F3N7O3. The van der Waals surface area contributed by atoms with Gasteiger partial charge in [-0.2, -0.15) is 13.2 Å². The third kappa shape index (κ3) is 5.74. The maximum absolute atomic E-state index is 13.1. The molecule has 200 valence electrons. The molecule has 38 heavy (non-hydrogen) atoms. The van der Waals surface area contributed by atoms with Crippen molar-refractivity contribution in [3.63, 3.8) is 0 Å². The largest absolute Gasteiger partial charge is 0.416 e. The number of benzene rings is 2. The van der Waals surface area contributed by atoms with Gasteiger partial charge >= 0.3 is 11.9 Å². The number of rotatable bonds is 7. The van der Waals surface area contributed by atoms with E-state index in [1.807, 2.05) is 0 Å². The zero-order valence-electron chi connectivity index (χ0n) is 19.9. The van der Waals surface area contributed by atoms with E-state index in [9.17, 15) is 27.9 Å². The van der Waals surface area contributed by atoms with Crippen LogP contribution in [0.3, 0.4) is 0 Å². The second-order valence-corrected chi connectivity index (χ2v) is 9.25. The summed E-state index contributed by atoms with van der Waals surface area (Å²) in [7, 11) is 3.05. The summed E-state index contributed by atoms with van der Waals surface area (Å²) in [4.78, 5) is 31.5. The maximum Gasteiger partial charge on any atom is 0.416 e. The number of aromatic nitrogens is 6. The van der Waals surface area contributed by atoms with Crippen LogP contribution >= 0.6 is 23.2 Å². The number of carbonyl (C=O) groups excluding carboxylic acids is 1. The van der Waals surface area contributed by atoms with Gasteiger partial charge in [-0.25, -0.2) is 19.1 Å². The minimum absolute atomic E-state index is 0.0130. The van der Waals surface area contributed by atoms with Gasteiger partial charge in [0.05, 0.1) is 12.2 Å². The van der Waals surface area contributed by atoms with E-state index in [2.05, 4.69) is 15.2 Å². The summed E-state index contributed by atoms with van der Waals surface area (Å²) in [5, 5.41) is 18.9. The molecule has 0 aliphatic rings. The molecule has 1 N–H and O–H groups in total. The average molecular weight is 570 g/mol. The van der Waals surface area contributed by atoms with Gasteiger partial charge in [0.2, 0.25) is 5.82 Å². The Morgan fingerprint density at radius 2 is 1.76 bits per heavy atom. The lowest BCUT2D eigenvalue weighted by Gasteiger charge is -2.15. The van der Waals surface area contributed by atoms with Crippen LogP contribution < -0.4 is 5.69 Å². The number of aliphatic hydroxyl groups is 1. The van der Waals surface area contributed by atoms with Gasteiger partial charge in [-0.1, -0.05) is 29.3 Å². The van der Waals surface area contributed by atoms with Gasteiger partial charge in [-0.15, -0.1) is 10.2 Å². The summed E-state index contributed by atoms with van der Waals surface area (Å²) in [5.74, 6) is -0.711. The average Bonchev–Trinajstić information content (AvgIpc) is 3.40. The van der Waals surface area contributed by atoms with E-state index in [4.69, 9.17) is 23.2 Å². The van der Waals surface area contributed by atoms with Gasteiger partial charge in [0.1, 0.15) is 6.54 Å². The Balaban J connectivity index is 1.79. The molecule has 2 aromatic heterocycles. The fraction of sp³-hybridized carbons (Fsp3) is 0.261. The summed E-state index contributed by atoms with van der Waals surface area (Å²) in [6.45, 7) is -1.47. The fourth-order valence-corrected chi connectivity index (χ4v) is 3.79. The van der Waals surface area contributed by atoms with Crippen LogP contribution in [0.5, 0.6) is 0 Å². The van der Waals surface area contributed by atoms with E-state index in [0.717, 1.165) is 4.68 Å². The van der Waals surface area contributed by atoms with Gasteiger partial charge in [-0.3, -0.25) is 9.36 Å². The first-order valence-corrected chi connectivity index (χ1v) is 11.7. The minimum Gasteiger partial charge on any atom is -0.382 e. The summed E-state index contributed by atoms with van der Waals surface area (Å²) >= 11 is 12.0. The van der Waals surface area contributed by atoms with Crippen molar-refractivity contribution in [2.24, 2.45) is 0 Å². The van der Waals surface area contributed by atoms with E-state index < -0.39 is 30.4 Å². The predicted octanol–water partition coefficient (Wildman–Crippen LogP) is 3.27. The Kier molecular flexibility index (Phi) is 7.63.